The second kappa shape index (κ2) is 9.91. The minimum Gasteiger partial charge on any atom is -0.388 e. The maximum atomic E-state index is 12.7. The maximum absolute atomic E-state index is 12.7. The molecule has 2 heterocycles. The fourth-order valence-corrected chi connectivity index (χ4v) is 4.54. The molecule has 9 atom stereocenters. The van der Waals surface area contributed by atoms with E-state index in [0.29, 0.717) is 5.92 Å². The molecule has 26 heavy (non-hydrogen) atoms. The number of carbonyl (C=O) groups excluding carboxylic acids is 1. The molecule has 2 saturated heterocycles. The van der Waals surface area contributed by atoms with Crippen molar-refractivity contribution in [1.82, 2.24) is 10.6 Å². The molecule has 9 heteroatoms. The van der Waals surface area contributed by atoms with Crippen molar-refractivity contribution in [2.75, 3.05) is 12.8 Å². The van der Waals surface area contributed by atoms with Gasteiger partial charge in [-0.1, -0.05) is 13.3 Å². The molecule has 2 aliphatic rings. The van der Waals surface area contributed by atoms with Gasteiger partial charge in [0.25, 0.3) is 0 Å². The molecule has 152 valence electrons. The van der Waals surface area contributed by atoms with Crippen molar-refractivity contribution in [3.63, 3.8) is 0 Å². The summed E-state index contributed by atoms with van der Waals surface area (Å²) in [4.78, 5) is 12.7. The van der Waals surface area contributed by atoms with E-state index in [1.54, 1.807) is 13.2 Å². The zero-order valence-corrected chi connectivity index (χ0v) is 17.0. The predicted octanol–water partition coefficient (Wildman–Crippen LogP) is 0.0473. The van der Waals surface area contributed by atoms with Gasteiger partial charge in [0.05, 0.1) is 17.5 Å². The molecule has 0 aromatic rings. The molecule has 7 nitrogen and oxygen atoms in total. The number of nitrogens with one attached hydrogen (secondary N) is 2. The molecular weight excluding hydrogens is 380 g/mol. The largest absolute Gasteiger partial charge is 0.388 e. The van der Waals surface area contributed by atoms with Crippen molar-refractivity contribution in [1.29, 1.82) is 0 Å². The normalized spacial score (nSPS) is 40.7. The molecule has 0 spiro atoms. The fourth-order valence-electron chi connectivity index (χ4n) is 3.66. The van der Waals surface area contributed by atoms with Crippen molar-refractivity contribution in [3.05, 3.63) is 0 Å². The van der Waals surface area contributed by atoms with Crippen LogP contribution in [0.2, 0.25) is 0 Å². The average Bonchev–Trinajstić information content (AvgIpc) is 2.64. The molecule has 0 unspecified atom stereocenters. The molecule has 0 aliphatic carbocycles. The SMILES string of the molecule is CC[C@@H]1CCN[C@H](C(=O)N[C@@H]([C@H]2O[C@H](SC)[C@H](O)[C@@H](O)[C@@H]2O)[C@H](C)Cl)C1. The van der Waals surface area contributed by atoms with Gasteiger partial charge in [-0.2, -0.15) is 0 Å². The zero-order valence-electron chi connectivity index (χ0n) is 15.5. The van der Waals surface area contributed by atoms with E-state index in [-0.39, 0.29) is 11.9 Å². The molecule has 2 fully saturated rings. The molecule has 0 aromatic heterocycles. The van der Waals surface area contributed by atoms with E-state index in [0.717, 1.165) is 25.8 Å². The minimum atomic E-state index is -1.36. The number of piperidine rings is 1. The number of hydrogen-bond donors (Lipinski definition) is 5. The van der Waals surface area contributed by atoms with Crippen molar-refractivity contribution >= 4 is 29.3 Å². The Labute approximate surface area is 164 Å². The van der Waals surface area contributed by atoms with Crippen LogP contribution >= 0.6 is 23.4 Å². The summed E-state index contributed by atoms with van der Waals surface area (Å²) < 4.78 is 5.77. The fraction of sp³-hybridized carbons (Fsp3) is 0.941. The molecule has 2 aliphatic heterocycles. The highest BCUT2D eigenvalue weighted by atomic mass is 35.5. The van der Waals surface area contributed by atoms with Gasteiger partial charge in [0.1, 0.15) is 29.9 Å². The Morgan fingerprint density at radius 2 is 2.04 bits per heavy atom. The van der Waals surface area contributed by atoms with Gasteiger partial charge >= 0.3 is 0 Å². The second-order valence-corrected chi connectivity index (χ2v) is 8.82. The summed E-state index contributed by atoms with van der Waals surface area (Å²) in [6.07, 6.45) is -0.236. The van der Waals surface area contributed by atoms with Gasteiger partial charge < -0.3 is 30.7 Å². The lowest BCUT2D eigenvalue weighted by molar-refractivity contribution is -0.205. The molecule has 5 N–H and O–H groups in total. The Bertz CT molecular complexity index is 470. The number of hydrogen-bond acceptors (Lipinski definition) is 7. The van der Waals surface area contributed by atoms with Crippen LogP contribution in [0.3, 0.4) is 0 Å². The Balaban J connectivity index is 2.09. The van der Waals surface area contributed by atoms with E-state index in [1.807, 2.05) is 0 Å². The van der Waals surface area contributed by atoms with Crippen molar-refractivity contribution in [3.8, 4) is 0 Å². The van der Waals surface area contributed by atoms with Gasteiger partial charge in [0.15, 0.2) is 0 Å². The van der Waals surface area contributed by atoms with E-state index < -0.39 is 41.3 Å². The van der Waals surface area contributed by atoms with Crippen molar-refractivity contribution < 1.29 is 24.9 Å². The van der Waals surface area contributed by atoms with E-state index in [2.05, 4.69) is 17.6 Å². The number of rotatable bonds is 6. The number of halogens is 1. The quantitative estimate of drug-likeness (QED) is 0.393. The van der Waals surface area contributed by atoms with Crippen LogP contribution in [-0.4, -0.2) is 81.3 Å². The molecule has 0 bridgehead atoms. The monoisotopic (exact) mass is 410 g/mol. The van der Waals surface area contributed by atoms with Crippen LogP contribution in [-0.2, 0) is 9.53 Å². The van der Waals surface area contributed by atoms with E-state index in [4.69, 9.17) is 16.3 Å². The Hall–Kier alpha value is -0.0900. The number of amides is 1. The standard InChI is InChI=1S/C17H31ClN2O5S/c1-4-9-5-6-19-10(7-9)16(24)20-11(8(2)18)15-13(22)12(21)14(23)17(25-15)26-3/h8-15,17,19,21-23H,4-7H2,1-3H3,(H,20,24)/t8-,9+,10-,11+,12-,13-,14+,15+,17+/m0/s1. The van der Waals surface area contributed by atoms with Crippen LogP contribution in [0, 0.1) is 5.92 Å². The third-order valence-corrected chi connectivity index (χ3v) is 6.53. The third-order valence-electron chi connectivity index (χ3n) is 5.40. The number of alkyl halides is 1. The number of carbonyl (C=O) groups is 1. The topological polar surface area (TPSA) is 111 Å². The lowest BCUT2D eigenvalue weighted by Gasteiger charge is -2.44. The number of aliphatic hydroxyl groups is 3. The molecule has 2 rings (SSSR count). The first-order valence-corrected chi connectivity index (χ1v) is 10.9. The zero-order chi connectivity index (χ0) is 19.4. The first-order valence-electron chi connectivity index (χ1n) is 9.20. The Kier molecular flexibility index (Phi) is 8.46. The minimum absolute atomic E-state index is 0.183. The summed E-state index contributed by atoms with van der Waals surface area (Å²) in [6.45, 7) is 4.62. The molecule has 0 radical (unpaired) electrons. The maximum Gasteiger partial charge on any atom is 0.237 e. The van der Waals surface area contributed by atoms with E-state index in [1.165, 1.54) is 11.8 Å². The molecule has 1 amide bonds. The van der Waals surface area contributed by atoms with Crippen molar-refractivity contribution in [2.45, 2.75) is 80.4 Å². The smallest absolute Gasteiger partial charge is 0.237 e. The van der Waals surface area contributed by atoms with E-state index in [9.17, 15) is 20.1 Å². The molecular formula is C17H31ClN2O5S. The van der Waals surface area contributed by atoms with Crippen LogP contribution < -0.4 is 10.6 Å². The summed E-state index contributed by atoms with van der Waals surface area (Å²) >= 11 is 7.51. The summed E-state index contributed by atoms with van der Waals surface area (Å²) in [5.41, 5.74) is -0.703. The summed E-state index contributed by atoms with van der Waals surface area (Å²) in [5.74, 6) is 0.325. The first kappa shape index (κ1) is 22.2. The Morgan fingerprint density at radius 3 is 2.62 bits per heavy atom. The van der Waals surface area contributed by atoms with Gasteiger partial charge in [0, 0.05) is 0 Å². The first-order chi connectivity index (χ1) is 12.3. The van der Waals surface area contributed by atoms with E-state index >= 15 is 0 Å². The lowest BCUT2D eigenvalue weighted by Crippen LogP contribution is -2.65. The summed E-state index contributed by atoms with van der Waals surface area (Å²) in [5, 5.41) is 36.1. The highest BCUT2D eigenvalue weighted by molar-refractivity contribution is 7.99. The van der Waals surface area contributed by atoms with Crippen molar-refractivity contribution in [2.24, 2.45) is 5.92 Å². The van der Waals surface area contributed by atoms with Crippen LogP contribution in [0.4, 0.5) is 0 Å². The average molecular weight is 411 g/mol. The van der Waals surface area contributed by atoms with Gasteiger partial charge in [-0.15, -0.1) is 23.4 Å². The highest BCUT2D eigenvalue weighted by Gasteiger charge is 2.48. The van der Waals surface area contributed by atoms with Gasteiger partial charge in [0.2, 0.25) is 5.91 Å². The number of ether oxygens (including phenoxy) is 1. The number of thioether (sulfide) groups is 1. The second-order valence-electron chi connectivity index (χ2n) is 7.19. The lowest BCUT2D eigenvalue weighted by atomic mass is 9.89. The molecule has 0 saturated carbocycles. The summed E-state index contributed by atoms with van der Waals surface area (Å²) in [7, 11) is 0. The number of aliphatic hydroxyl groups excluding tert-OH is 3. The summed E-state index contributed by atoms with van der Waals surface area (Å²) in [6, 6.07) is -1.00. The third kappa shape index (κ3) is 5.04. The van der Waals surface area contributed by atoms with Crippen LogP contribution in [0.15, 0.2) is 0 Å². The van der Waals surface area contributed by atoms with Gasteiger partial charge in [-0.25, -0.2) is 0 Å². The Morgan fingerprint density at radius 1 is 1.35 bits per heavy atom. The predicted molar refractivity (Wildman–Crippen MR) is 102 cm³/mol. The van der Waals surface area contributed by atoms with Gasteiger partial charge in [-0.05, 0) is 38.5 Å². The van der Waals surface area contributed by atoms with Gasteiger partial charge in [-0.3, -0.25) is 4.79 Å². The highest BCUT2D eigenvalue weighted by Crippen LogP contribution is 2.30. The van der Waals surface area contributed by atoms with Crippen LogP contribution in [0.1, 0.15) is 33.1 Å². The van der Waals surface area contributed by atoms with Crippen LogP contribution in [0.25, 0.3) is 0 Å². The molecule has 0 aromatic carbocycles. The van der Waals surface area contributed by atoms with Crippen LogP contribution in [0.5, 0.6) is 0 Å².